The summed E-state index contributed by atoms with van der Waals surface area (Å²) in [7, 11) is 1.58. The van der Waals surface area contributed by atoms with Crippen LogP contribution in [-0.4, -0.2) is 29.1 Å². The van der Waals surface area contributed by atoms with Crippen LogP contribution >= 0.6 is 23.2 Å². The largest absolute Gasteiger partial charge is 0.496 e. The third-order valence-corrected chi connectivity index (χ3v) is 5.00. The second-order valence-corrected chi connectivity index (χ2v) is 7.48. The zero-order valence-electron chi connectivity index (χ0n) is 16.4. The molecule has 0 radical (unpaired) electrons. The van der Waals surface area contributed by atoms with Crippen LogP contribution in [0.1, 0.15) is 36.7 Å². The van der Waals surface area contributed by atoms with Crippen LogP contribution in [0.5, 0.6) is 5.75 Å². The third kappa shape index (κ3) is 5.11. The molecule has 0 fully saturated rings. The van der Waals surface area contributed by atoms with Gasteiger partial charge in [0, 0.05) is 28.5 Å². The highest BCUT2D eigenvalue weighted by molar-refractivity contribution is 6.31. The van der Waals surface area contributed by atoms with E-state index in [-0.39, 0.29) is 5.91 Å². The smallest absolute Gasteiger partial charge is 0.271 e. The minimum absolute atomic E-state index is 0.206. The maximum atomic E-state index is 12.6. The Labute approximate surface area is 180 Å². The van der Waals surface area contributed by atoms with Gasteiger partial charge in [0.1, 0.15) is 17.3 Å². The predicted molar refractivity (Wildman–Crippen MR) is 117 cm³/mol. The molecule has 0 unspecified atom stereocenters. The van der Waals surface area contributed by atoms with Crippen molar-refractivity contribution in [2.24, 2.45) is 0 Å². The van der Waals surface area contributed by atoms with Crippen molar-refractivity contribution >= 4 is 29.1 Å². The lowest BCUT2D eigenvalue weighted by molar-refractivity contribution is 0.0948. The lowest BCUT2D eigenvalue weighted by Crippen LogP contribution is -2.24. The van der Waals surface area contributed by atoms with Crippen molar-refractivity contribution in [2.75, 3.05) is 13.7 Å². The maximum absolute atomic E-state index is 12.6. The van der Waals surface area contributed by atoms with Gasteiger partial charge in [-0.3, -0.25) is 9.36 Å². The Morgan fingerprint density at radius 1 is 1.10 bits per heavy atom. The van der Waals surface area contributed by atoms with Crippen LogP contribution < -0.4 is 10.1 Å². The summed E-state index contributed by atoms with van der Waals surface area (Å²) in [6.07, 6.45) is 4.84. The Balaban J connectivity index is 2.03. The minimum atomic E-state index is -0.206. The number of imidazole rings is 1. The number of amides is 1. The molecule has 1 aromatic heterocycles. The Bertz CT molecular complexity index is 984. The van der Waals surface area contributed by atoms with Crippen LogP contribution in [0.2, 0.25) is 10.0 Å². The van der Waals surface area contributed by atoms with Crippen molar-refractivity contribution in [1.82, 2.24) is 14.9 Å². The molecule has 3 aromatic rings. The van der Waals surface area contributed by atoms with Crippen molar-refractivity contribution in [2.45, 2.75) is 26.2 Å². The van der Waals surface area contributed by atoms with Crippen molar-refractivity contribution in [3.8, 4) is 22.8 Å². The van der Waals surface area contributed by atoms with E-state index in [9.17, 15) is 4.79 Å². The summed E-state index contributed by atoms with van der Waals surface area (Å²) in [5.74, 6) is 0.954. The zero-order chi connectivity index (χ0) is 20.8. The number of carbonyl (C=O) groups is 1. The zero-order valence-corrected chi connectivity index (χ0v) is 17.9. The number of nitrogens with zero attached hydrogens (tertiary/aromatic N) is 2. The van der Waals surface area contributed by atoms with Crippen molar-refractivity contribution < 1.29 is 9.53 Å². The normalized spacial score (nSPS) is 10.8. The van der Waals surface area contributed by atoms with Gasteiger partial charge in [-0.25, -0.2) is 4.98 Å². The number of hydrogen-bond donors (Lipinski definition) is 1. The van der Waals surface area contributed by atoms with Crippen molar-refractivity contribution in [3.63, 3.8) is 0 Å². The number of aromatic nitrogens is 2. The molecular weight excluding hydrogens is 409 g/mol. The van der Waals surface area contributed by atoms with Crippen LogP contribution in [0.4, 0.5) is 0 Å². The van der Waals surface area contributed by atoms with Crippen molar-refractivity contribution in [3.05, 3.63) is 64.4 Å². The molecule has 0 bridgehead atoms. The van der Waals surface area contributed by atoms with Gasteiger partial charge in [0.05, 0.1) is 12.7 Å². The molecule has 1 amide bonds. The first-order valence-electron chi connectivity index (χ1n) is 9.51. The average Bonchev–Trinajstić information content (AvgIpc) is 3.16. The summed E-state index contributed by atoms with van der Waals surface area (Å²) in [5.41, 5.74) is 1.90. The number of unbranched alkanes of at least 4 members (excludes halogenated alkanes) is 2. The van der Waals surface area contributed by atoms with Crippen LogP contribution in [0.25, 0.3) is 17.1 Å². The SMILES string of the molecule is CCCCCNC(=O)c1cn(-c2ccc(Cl)cc2)c(-c2ccc(Cl)cc2OC)n1. The van der Waals surface area contributed by atoms with Crippen LogP contribution in [0.3, 0.4) is 0 Å². The molecule has 7 heteroatoms. The molecule has 152 valence electrons. The molecule has 29 heavy (non-hydrogen) atoms. The number of rotatable bonds is 8. The first-order valence-corrected chi connectivity index (χ1v) is 10.3. The lowest BCUT2D eigenvalue weighted by Gasteiger charge is -2.11. The summed E-state index contributed by atoms with van der Waals surface area (Å²) in [5, 5.41) is 4.13. The highest BCUT2D eigenvalue weighted by Crippen LogP contribution is 2.33. The summed E-state index contributed by atoms with van der Waals surface area (Å²) < 4.78 is 7.34. The maximum Gasteiger partial charge on any atom is 0.271 e. The second-order valence-electron chi connectivity index (χ2n) is 6.60. The van der Waals surface area contributed by atoms with E-state index >= 15 is 0 Å². The minimum Gasteiger partial charge on any atom is -0.496 e. The summed E-state index contributed by atoms with van der Waals surface area (Å²) in [6.45, 7) is 2.75. The number of ether oxygens (including phenoxy) is 1. The Morgan fingerprint density at radius 3 is 2.52 bits per heavy atom. The Hall–Kier alpha value is -2.50. The number of nitrogens with one attached hydrogen (secondary N) is 1. The fourth-order valence-electron chi connectivity index (χ4n) is 3.00. The number of halogens is 2. The predicted octanol–water partition coefficient (Wildman–Crippen LogP) is 5.77. The summed E-state index contributed by atoms with van der Waals surface area (Å²) in [4.78, 5) is 17.2. The molecular formula is C22H23Cl2N3O2. The Morgan fingerprint density at radius 2 is 1.83 bits per heavy atom. The van der Waals surface area contributed by atoms with E-state index in [0.29, 0.717) is 33.9 Å². The van der Waals surface area contributed by atoms with Gasteiger partial charge in [0.15, 0.2) is 0 Å². The van der Waals surface area contributed by atoms with Gasteiger partial charge in [-0.2, -0.15) is 0 Å². The van der Waals surface area contributed by atoms with E-state index in [4.69, 9.17) is 27.9 Å². The topological polar surface area (TPSA) is 56.2 Å². The molecule has 5 nitrogen and oxygen atoms in total. The fourth-order valence-corrected chi connectivity index (χ4v) is 3.28. The van der Waals surface area contributed by atoms with Gasteiger partial charge >= 0.3 is 0 Å². The third-order valence-electron chi connectivity index (χ3n) is 4.51. The molecule has 2 aromatic carbocycles. The van der Waals surface area contributed by atoms with E-state index in [0.717, 1.165) is 30.5 Å². The highest BCUT2D eigenvalue weighted by atomic mass is 35.5. The number of methoxy groups -OCH3 is 1. The summed E-state index contributed by atoms with van der Waals surface area (Å²) in [6, 6.07) is 12.7. The van der Waals surface area contributed by atoms with Gasteiger partial charge in [-0.05, 0) is 48.9 Å². The standard InChI is InChI=1S/C22H23Cl2N3O2/c1-3-4-5-12-25-22(28)19-14-27(17-9-6-15(23)7-10-17)21(26-19)18-11-8-16(24)13-20(18)29-2/h6-11,13-14H,3-5,12H2,1-2H3,(H,25,28). The van der Waals surface area contributed by atoms with Crippen LogP contribution in [-0.2, 0) is 0 Å². The molecule has 3 rings (SSSR count). The van der Waals surface area contributed by atoms with E-state index in [1.165, 1.54) is 0 Å². The lowest BCUT2D eigenvalue weighted by atomic mass is 10.2. The van der Waals surface area contributed by atoms with Gasteiger partial charge in [0.25, 0.3) is 5.91 Å². The number of hydrogen-bond acceptors (Lipinski definition) is 3. The highest BCUT2D eigenvalue weighted by Gasteiger charge is 2.19. The van der Waals surface area contributed by atoms with Crippen molar-refractivity contribution in [1.29, 1.82) is 0 Å². The first kappa shape index (κ1) is 21.2. The van der Waals surface area contributed by atoms with Gasteiger partial charge in [-0.1, -0.05) is 43.0 Å². The molecule has 0 spiro atoms. The molecule has 1 heterocycles. The average molecular weight is 432 g/mol. The van der Waals surface area contributed by atoms with E-state index in [1.807, 2.05) is 22.8 Å². The van der Waals surface area contributed by atoms with E-state index in [1.54, 1.807) is 37.6 Å². The van der Waals surface area contributed by atoms with Crippen LogP contribution in [0.15, 0.2) is 48.7 Å². The second kappa shape index (κ2) is 9.81. The Kier molecular flexibility index (Phi) is 7.18. The molecule has 0 saturated carbocycles. The monoisotopic (exact) mass is 431 g/mol. The van der Waals surface area contributed by atoms with Crippen LogP contribution in [0, 0.1) is 0 Å². The van der Waals surface area contributed by atoms with Gasteiger partial charge < -0.3 is 10.1 Å². The van der Waals surface area contributed by atoms with Gasteiger partial charge in [0.2, 0.25) is 0 Å². The molecule has 0 aliphatic heterocycles. The molecule has 0 atom stereocenters. The summed E-state index contributed by atoms with van der Waals surface area (Å²) >= 11 is 12.1. The fraction of sp³-hybridized carbons (Fsp3) is 0.273. The first-order chi connectivity index (χ1) is 14.0. The van der Waals surface area contributed by atoms with Gasteiger partial charge in [-0.15, -0.1) is 0 Å². The number of benzene rings is 2. The number of carbonyl (C=O) groups excluding carboxylic acids is 1. The van der Waals surface area contributed by atoms with E-state index < -0.39 is 0 Å². The molecule has 1 N–H and O–H groups in total. The molecule has 0 aliphatic carbocycles. The van der Waals surface area contributed by atoms with E-state index in [2.05, 4.69) is 17.2 Å². The quantitative estimate of drug-likeness (QED) is 0.460. The molecule has 0 saturated heterocycles. The molecule has 0 aliphatic rings.